The van der Waals surface area contributed by atoms with Crippen LogP contribution in [0.25, 0.3) is 0 Å². The normalized spacial score (nSPS) is 10.6. The summed E-state index contributed by atoms with van der Waals surface area (Å²) in [5.74, 6) is 0.634. The molecule has 0 spiro atoms. The molecule has 8 nitrogen and oxygen atoms in total. The number of carbonyl (C=O) groups excluding carboxylic acids is 2. The summed E-state index contributed by atoms with van der Waals surface area (Å²) in [4.78, 5) is 34.4. The molecule has 0 atom stereocenters. The Kier molecular flexibility index (Phi) is 7.25. The molecule has 2 amide bonds. The molecule has 0 radical (unpaired) electrons. The Labute approximate surface area is 159 Å². The summed E-state index contributed by atoms with van der Waals surface area (Å²) in [7, 11) is 4.05. The third-order valence-corrected chi connectivity index (χ3v) is 3.60. The standard InChI is InChI=1S/C19H26N6O2/c1-13-21-17(12-18(22-13)20-9-6-10-25(3)4)19(27)24-16-8-5-7-15(11-16)23-14(2)26/h5,7-8,11-12H,6,9-10H2,1-4H3,(H,23,26)(H,24,27)(H,20,21,22). The van der Waals surface area contributed by atoms with E-state index in [-0.39, 0.29) is 17.5 Å². The van der Waals surface area contributed by atoms with E-state index in [0.29, 0.717) is 23.0 Å². The number of hydrogen-bond acceptors (Lipinski definition) is 6. The predicted molar refractivity (Wildman–Crippen MR) is 107 cm³/mol. The number of anilines is 3. The Morgan fingerprint density at radius 2 is 1.78 bits per heavy atom. The fourth-order valence-corrected chi connectivity index (χ4v) is 2.46. The first-order valence-corrected chi connectivity index (χ1v) is 8.77. The van der Waals surface area contributed by atoms with E-state index in [1.807, 2.05) is 14.1 Å². The van der Waals surface area contributed by atoms with Crippen molar-refractivity contribution in [2.24, 2.45) is 0 Å². The SMILES string of the molecule is CC(=O)Nc1cccc(NC(=O)c2cc(NCCCN(C)C)nc(C)n2)c1. The Morgan fingerprint density at radius 1 is 1.07 bits per heavy atom. The molecule has 0 aliphatic carbocycles. The van der Waals surface area contributed by atoms with Crippen LogP contribution < -0.4 is 16.0 Å². The summed E-state index contributed by atoms with van der Waals surface area (Å²) in [5.41, 5.74) is 1.47. The van der Waals surface area contributed by atoms with Crippen LogP contribution in [0.1, 0.15) is 29.7 Å². The first-order chi connectivity index (χ1) is 12.8. The maximum absolute atomic E-state index is 12.5. The van der Waals surface area contributed by atoms with Crippen LogP contribution in [0.5, 0.6) is 0 Å². The van der Waals surface area contributed by atoms with Crippen molar-refractivity contribution in [3.8, 4) is 0 Å². The van der Waals surface area contributed by atoms with E-state index in [1.54, 1.807) is 37.3 Å². The third kappa shape index (κ3) is 7.02. The molecule has 2 rings (SSSR count). The maximum Gasteiger partial charge on any atom is 0.274 e. The number of nitrogens with zero attached hydrogens (tertiary/aromatic N) is 3. The van der Waals surface area contributed by atoms with Crippen molar-refractivity contribution in [2.75, 3.05) is 43.1 Å². The molecular weight excluding hydrogens is 344 g/mol. The van der Waals surface area contributed by atoms with Gasteiger partial charge in [0.1, 0.15) is 17.3 Å². The molecule has 0 saturated heterocycles. The zero-order valence-corrected chi connectivity index (χ0v) is 16.2. The number of aryl methyl sites for hydroxylation is 1. The maximum atomic E-state index is 12.5. The van der Waals surface area contributed by atoms with Gasteiger partial charge in [-0.05, 0) is 52.2 Å². The van der Waals surface area contributed by atoms with Gasteiger partial charge in [-0.15, -0.1) is 0 Å². The van der Waals surface area contributed by atoms with E-state index in [9.17, 15) is 9.59 Å². The largest absolute Gasteiger partial charge is 0.370 e. The van der Waals surface area contributed by atoms with Crippen molar-refractivity contribution in [2.45, 2.75) is 20.3 Å². The van der Waals surface area contributed by atoms with Crippen molar-refractivity contribution in [3.63, 3.8) is 0 Å². The molecule has 0 aliphatic heterocycles. The number of aromatic nitrogens is 2. The van der Waals surface area contributed by atoms with E-state index < -0.39 is 0 Å². The summed E-state index contributed by atoms with van der Waals surface area (Å²) < 4.78 is 0. The van der Waals surface area contributed by atoms with Gasteiger partial charge in [0.15, 0.2) is 0 Å². The highest BCUT2D eigenvalue weighted by molar-refractivity contribution is 6.03. The van der Waals surface area contributed by atoms with Crippen LogP contribution in [0, 0.1) is 6.92 Å². The minimum absolute atomic E-state index is 0.171. The number of amides is 2. The van der Waals surface area contributed by atoms with Crippen molar-refractivity contribution >= 4 is 29.0 Å². The number of carbonyl (C=O) groups is 2. The lowest BCUT2D eigenvalue weighted by Gasteiger charge is -2.12. The number of rotatable bonds is 8. The van der Waals surface area contributed by atoms with Gasteiger partial charge in [-0.3, -0.25) is 9.59 Å². The quantitative estimate of drug-likeness (QED) is 0.617. The molecule has 1 heterocycles. The zero-order valence-electron chi connectivity index (χ0n) is 16.2. The lowest BCUT2D eigenvalue weighted by Crippen LogP contribution is -2.18. The van der Waals surface area contributed by atoms with E-state index in [4.69, 9.17) is 0 Å². The van der Waals surface area contributed by atoms with Gasteiger partial charge in [0.2, 0.25) is 5.91 Å². The second-order valence-corrected chi connectivity index (χ2v) is 6.49. The van der Waals surface area contributed by atoms with Gasteiger partial charge in [0, 0.05) is 30.9 Å². The van der Waals surface area contributed by atoms with E-state index >= 15 is 0 Å². The summed E-state index contributed by atoms with van der Waals surface area (Å²) in [6.45, 7) is 4.91. The fraction of sp³-hybridized carbons (Fsp3) is 0.368. The molecule has 0 bridgehead atoms. The second kappa shape index (κ2) is 9.63. The number of hydrogen-bond donors (Lipinski definition) is 3. The summed E-state index contributed by atoms with van der Waals surface area (Å²) in [6, 6.07) is 8.58. The van der Waals surface area contributed by atoms with E-state index in [0.717, 1.165) is 19.5 Å². The summed E-state index contributed by atoms with van der Waals surface area (Å²) in [5, 5.41) is 8.70. The molecule has 1 aromatic carbocycles. The molecule has 0 aliphatic rings. The lowest BCUT2D eigenvalue weighted by molar-refractivity contribution is -0.114. The smallest absolute Gasteiger partial charge is 0.274 e. The van der Waals surface area contributed by atoms with Crippen LogP contribution in [-0.2, 0) is 4.79 Å². The van der Waals surface area contributed by atoms with Crippen LogP contribution in [0.15, 0.2) is 30.3 Å². The highest BCUT2D eigenvalue weighted by Crippen LogP contribution is 2.16. The molecule has 0 unspecified atom stereocenters. The molecular formula is C19H26N6O2. The molecule has 0 fully saturated rings. The van der Waals surface area contributed by atoms with Crippen LogP contribution >= 0.6 is 0 Å². The Bertz CT molecular complexity index is 807. The Morgan fingerprint density at radius 3 is 2.44 bits per heavy atom. The highest BCUT2D eigenvalue weighted by Gasteiger charge is 2.11. The third-order valence-electron chi connectivity index (χ3n) is 3.60. The summed E-state index contributed by atoms with van der Waals surface area (Å²) in [6.07, 6.45) is 0.966. The number of nitrogens with one attached hydrogen (secondary N) is 3. The van der Waals surface area contributed by atoms with Gasteiger partial charge >= 0.3 is 0 Å². The molecule has 2 aromatic rings. The average molecular weight is 370 g/mol. The van der Waals surface area contributed by atoms with Gasteiger partial charge in [0.25, 0.3) is 5.91 Å². The van der Waals surface area contributed by atoms with Crippen LogP contribution in [0.4, 0.5) is 17.2 Å². The topological polar surface area (TPSA) is 99.2 Å². The fourth-order valence-electron chi connectivity index (χ4n) is 2.46. The minimum Gasteiger partial charge on any atom is -0.370 e. The Balaban J connectivity index is 2.04. The zero-order chi connectivity index (χ0) is 19.8. The number of benzene rings is 1. The summed E-state index contributed by atoms with van der Waals surface area (Å²) >= 11 is 0. The van der Waals surface area contributed by atoms with Crippen LogP contribution in [0.2, 0.25) is 0 Å². The van der Waals surface area contributed by atoms with Crippen LogP contribution in [0.3, 0.4) is 0 Å². The first kappa shape index (κ1) is 20.3. The van der Waals surface area contributed by atoms with Crippen LogP contribution in [-0.4, -0.2) is 53.9 Å². The molecule has 0 saturated carbocycles. The van der Waals surface area contributed by atoms with Crippen molar-refractivity contribution < 1.29 is 9.59 Å². The molecule has 3 N–H and O–H groups in total. The average Bonchev–Trinajstić information content (AvgIpc) is 2.58. The minimum atomic E-state index is -0.336. The lowest BCUT2D eigenvalue weighted by atomic mass is 10.2. The van der Waals surface area contributed by atoms with E-state index in [1.165, 1.54) is 6.92 Å². The van der Waals surface area contributed by atoms with Crippen molar-refractivity contribution in [1.29, 1.82) is 0 Å². The monoisotopic (exact) mass is 370 g/mol. The predicted octanol–water partition coefficient (Wildman–Crippen LogP) is 2.36. The van der Waals surface area contributed by atoms with Gasteiger partial charge in [-0.1, -0.05) is 6.07 Å². The van der Waals surface area contributed by atoms with Gasteiger partial charge in [0.05, 0.1) is 0 Å². The van der Waals surface area contributed by atoms with Gasteiger partial charge < -0.3 is 20.9 Å². The highest BCUT2D eigenvalue weighted by atomic mass is 16.2. The molecule has 144 valence electrons. The first-order valence-electron chi connectivity index (χ1n) is 8.77. The van der Waals surface area contributed by atoms with Crippen molar-refractivity contribution in [3.05, 3.63) is 41.9 Å². The van der Waals surface area contributed by atoms with Gasteiger partial charge in [-0.25, -0.2) is 9.97 Å². The Hall–Kier alpha value is -3.00. The molecule has 1 aromatic heterocycles. The van der Waals surface area contributed by atoms with Gasteiger partial charge in [-0.2, -0.15) is 0 Å². The second-order valence-electron chi connectivity index (χ2n) is 6.49. The molecule has 8 heteroatoms. The van der Waals surface area contributed by atoms with Crippen molar-refractivity contribution in [1.82, 2.24) is 14.9 Å². The van der Waals surface area contributed by atoms with E-state index in [2.05, 4.69) is 30.8 Å². The molecule has 27 heavy (non-hydrogen) atoms.